The Balaban J connectivity index is 1.97. The molecule has 8 heteroatoms. The Labute approximate surface area is 166 Å². The van der Waals surface area contributed by atoms with Gasteiger partial charge in [0.05, 0.1) is 12.5 Å². The highest BCUT2D eigenvalue weighted by molar-refractivity contribution is 5.98. The van der Waals surface area contributed by atoms with Gasteiger partial charge in [0.25, 0.3) is 0 Å². The van der Waals surface area contributed by atoms with E-state index in [1.807, 2.05) is 46.1 Å². The SMILES string of the molecule is Cc1ccc(NC(=O)C2CC(=O)N(CCN(C)C)C2)cc1NC(=O)CN(C)C. The minimum absolute atomic E-state index is 0.0162. The molecule has 0 aliphatic carbocycles. The molecule has 8 nitrogen and oxygen atoms in total. The summed E-state index contributed by atoms with van der Waals surface area (Å²) in [7, 11) is 7.57. The first-order valence-corrected chi connectivity index (χ1v) is 9.44. The van der Waals surface area contributed by atoms with Crippen LogP contribution in [-0.4, -0.2) is 86.8 Å². The monoisotopic (exact) mass is 389 g/mol. The van der Waals surface area contributed by atoms with Gasteiger partial charge in [-0.2, -0.15) is 0 Å². The lowest BCUT2D eigenvalue weighted by Gasteiger charge is -2.19. The van der Waals surface area contributed by atoms with Crippen LogP contribution in [0.15, 0.2) is 18.2 Å². The van der Waals surface area contributed by atoms with E-state index in [0.29, 0.717) is 24.5 Å². The van der Waals surface area contributed by atoms with Crippen molar-refractivity contribution in [3.05, 3.63) is 23.8 Å². The van der Waals surface area contributed by atoms with E-state index < -0.39 is 0 Å². The van der Waals surface area contributed by atoms with Crippen LogP contribution in [0.5, 0.6) is 0 Å². The van der Waals surface area contributed by atoms with Crippen LogP contribution in [0.3, 0.4) is 0 Å². The topological polar surface area (TPSA) is 85.0 Å². The lowest BCUT2D eigenvalue weighted by Crippen LogP contribution is -2.34. The lowest BCUT2D eigenvalue weighted by molar-refractivity contribution is -0.128. The van der Waals surface area contributed by atoms with Crippen LogP contribution in [0.25, 0.3) is 0 Å². The van der Waals surface area contributed by atoms with Crippen molar-refractivity contribution in [1.82, 2.24) is 14.7 Å². The molecule has 2 rings (SSSR count). The van der Waals surface area contributed by atoms with Crippen molar-refractivity contribution in [1.29, 1.82) is 0 Å². The van der Waals surface area contributed by atoms with E-state index in [1.165, 1.54) is 0 Å². The minimum Gasteiger partial charge on any atom is -0.341 e. The van der Waals surface area contributed by atoms with Crippen molar-refractivity contribution in [3.63, 3.8) is 0 Å². The molecule has 0 aromatic heterocycles. The molecular weight excluding hydrogens is 358 g/mol. The zero-order valence-electron chi connectivity index (χ0n) is 17.4. The highest BCUT2D eigenvalue weighted by Crippen LogP contribution is 2.23. The summed E-state index contributed by atoms with van der Waals surface area (Å²) < 4.78 is 0. The van der Waals surface area contributed by atoms with Gasteiger partial charge in [-0.05, 0) is 52.8 Å². The second-order valence-electron chi connectivity index (χ2n) is 7.85. The van der Waals surface area contributed by atoms with Crippen molar-refractivity contribution in [2.24, 2.45) is 5.92 Å². The van der Waals surface area contributed by atoms with E-state index >= 15 is 0 Å². The highest BCUT2D eigenvalue weighted by Gasteiger charge is 2.34. The molecule has 1 atom stereocenters. The number of carbonyl (C=O) groups is 3. The van der Waals surface area contributed by atoms with Crippen molar-refractivity contribution in [2.75, 3.05) is 65.0 Å². The van der Waals surface area contributed by atoms with Crippen molar-refractivity contribution in [3.8, 4) is 0 Å². The average molecular weight is 390 g/mol. The van der Waals surface area contributed by atoms with E-state index in [0.717, 1.165) is 12.1 Å². The Morgan fingerprint density at radius 3 is 2.50 bits per heavy atom. The summed E-state index contributed by atoms with van der Waals surface area (Å²) in [4.78, 5) is 42.3. The van der Waals surface area contributed by atoms with Crippen LogP contribution in [0.4, 0.5) is 11.4 Å². The first-order chi connectivity index (χ1) is 13.2. The van der Waals surface area contributed by atoms with Crippen molar-refractivity contribution < 1.29 is 14.4 Å². The molecule has 1 saturated heterocycles. The van der Waals surface area contributed by atoms with Gasteiger partial charge in [-0.25, -0.2) is 0 Å². The van der Waals surface area contributed by atoms with E-state index in [-0.39, 0.29) is 36.6 Å². The predicted molar refractivity (Wildman–Crippen MR) is 110 cm³/mol. The van der Waals surface area contributed by atoms with Gasteiger partial charge in [0, 0.05) is 37.4 Å². The number of hydrogen-bond acceptors (Lipinski definition) is 5. The summed E-state index contributed by atoms with van der Waals surface area (Å²) in [5.41, 5.74) is 2.19. The van der Waals surface area contributed by atoms with Gasteiger partial charge in [-0.15, -0.1) is 0 Å². The molecule has 0 saturated carbocycles. The number of benzene rings is 1. The summed E-state index contributed by atoms with van der Waals surface area (Å²) in [6.07, 6.45) is 0.234. The highest BCUT2D eigenvalue weighted by atomic mass is 16.2. The molecule has 154 valence electrons. The predicted octanol–water partition coefficient (Wildman–Crippen LogP) is 0.844. The number of carbonyl (C=O) groups excluding carboxylic acids is 3. The van der Waals surface area contributed by atoms with E-state index in [9.17, 15) is 14.4 Å². The molecule has 28 heavy (non-hydrogen) atoms. The number of rotatable bonds is 8. The number of likely N-dealkylation sites (N-methyl/N-ethyl adjacent to an activating group) is 2. The summed E-state index contributed by atoms with van der Waals surface area (Å²) in [6, 6.07) is 5.40. The van der Waals surface area contributed by atoms with Gasteiger partial charge >= 0.3 is 0 Å². The summed E-state index contributed by atoms with van der Waals surface area (Å²) in [5.74, 6) is -0.630. The number of amides is 3. The third-order valence-electron chi connectivity index (χ3n) is 4.64. The number of nitrogens with one attached hydrogen (secondary N) is 2. The number of likely N-dealkylation sites (tertiary alicyclic amines) is 1. The van der Waals surface area contributed by atoms with Crippen LogP contribution in [0.1, 0.15) is 12.0 Å². The van der Waals surface area contributed by atoms with Gasteiger partial charge in [-0.3, -0.25) is 14.4 Å². The normalized spacial score (nSPS) is 16.8. The molecule has 1 heterocycles. The van der Waals surface area contributed by atoms with E-state index in [2.05, 4.69) is 10.6 Å². The Kier molecular flexibility index (Phi) is 7.53. The standard InChI is InChI=1S/C20H31N5O3/c1-14-6-7-16(11-17(14)22-18(26)13-24(4)5)21-20(28)15-10-19(27)25(12-15)9-8-23(2)3/h6-7,11,15H,8-10,12-13H2,1-5H3,(H,21,28)(H,22,26). The largest absolute Gasteiger partial charge is 0.341 e. The molecule has 1 aliphatic rings. The zero-order chi connectivity index (χ0) is 20.8. The second kappa shape index (κ2) is 9.66. The fourth-order valence-corrected chi connectivity index (χ4v) is 3.04. The number of anilines is 2. The molecule has 0 radical (unpaired) electrons. The Hall–Kier alpha value is -2.45. The van der Waals surface area contributed by atoms with Crippen molar-refractivity contribution in [2.45, 2.75) is 13.3 Å². The minimum atomic E-state index is -0.359. The first-order valence-electron chi connectivity index (χ1n) is 9.44. The number of hydrogen-bond donors (Lipinski definition) is 2. The fraction of sp³-hybridized carbons (Fsp3) is 0.550. The second-order valence-corrected chi connectivity index (χ2v) is 7.85. The fourth-order valence-electron chi connectivity index (χ4n) is 3.04. The molecule has 0 bridgehead atoms. The number of aryl methyl sites for hydroxylation is 1. The maximum Gasteiger partial charge on any atom is 0.238 e. The molecular formula is C20H31N5O3. The maximum absolute atomic E-state index is 12.6. The van der Waals surface area contributed by atoms with Crippen LogP contribution >= 0.6 is 0 Å². The third-order valence-corrected chi connectivity index (χ3v) is 4.64. The maximum atomic E-state index is 12.6. The summed E-state index contributed by atoms with van der Waals surface area (Å²) in [5, 5.41) is 5.75. The first kappa shape index (κ1) is 21.8. The van der Waals surface area contributed by atoms with E-state index in [1.54, 1.807) is 21.9 Å². The zero-order valence-corrected chi connectivity index (χ0v) is 17.4. The molecule has 3 amide bonds. The molecule has 0 spiro atoms. The van der Waals surface area contributed by atoms with Crippen LogP contribution in [-0.2, 0) is 14.4 Å². The van der Waals surface area contributed by atoms with Crippen molar-refractivity contribution >= 4 is 29.1 Å². The smallest absolute Gasteiger partial charge is 0.238 e. The Morgan fingerprint density at radius 1 is 1.14 bits per heavy atom. The number of nitrogens with zero attached hydrogens (tertiary/aromatic N) is 3. The van der Waals surface area contributed by atoms with Gasteiger partial charge in [-0.1, -0.05) is 6.07 Å². The summed E-state index contributed by atoms with van der Waals surface area (Å²) >= 11 is 0. The summed E-state index contributed by atoms with van der Waals surface area (Å²) in [6.45, 7) is 4.02. The molecule has 1 aliphatic heterocycles. The molecule has 1 fully saturated rings. The van der Waals surface area contributed by atoms with Gasteiger partial charge < -0.3 is 25.3 Å². The molecule has 1 unspecified atom stereocenters. The lowest BCUT2D eigenvalue weighted by atomic mass is 10.1. The van der Waals surface area contributed by atoms with Gasteiger partial charge in [0.2, 0.25) is 17.7 Å². The molecule has 1 aromatic rings. The van der Waals surface area contributed by atoms with Gasteiger partial charge in [0.15, 0.2) is 0 Å². The quantitative estimate of drug-likeness (QED) is 0.688. The Morgan fingerprint density at radius 2 is 1.86 bits per heavy atom. The van der Waals surface area contributed by atoms with E-state index in [4.69, 9.17) is 0 Å². The van der Waals surface area contributed by atoms with Crippen LogP contribution in [0.2, 0.25) is 0 Å². The van der Waals surface area contributed by atoms with Crippen LogP contribution < -0.4 is 10.6 Å². The molecule has 1 aromatic carbocycles. The average Bonchev–Trinajstić information content (AvgIpc) is 2.96. The van der Waals surface area contributed by atoms with Crippen LogP contribution in [0, 0.1) is 12.8 Å². The van der Waals surface area contributed by atoms with Gasteiger partial charge in [0.1, 0.15) is 0 Å². The third kappa shape index (κ3) is 6.31. The Bertz CT molecular complexity index is 733. The molecule has 2 N–H and O–H groups in total.